The predicted molar refractivity (Wildman–Crippen MR) is 102 cm³/mol. The van der Waals surface area contributed by atoms with Crippen molar-refractivity contribution in [2.24, 2.45) is 4.99 Å². The van der Waals surface area contributed by atoms with Gasteiger partial charge in [0, 0.05) is 31.0 Å². The van der Waals surface area contributed by atoms with Crippen LogP contribution in [0.5, 0.6) is 0 Å². The van der Waals surface area contributed by atoms with Crippen LogP contribution in [0.1, 0.15) is 19.4 Å². The third-order valence-electron chi connectivity index (χ3n) is 3.16. The topological polar surface area (TPSA) is 36.4 Å². The molecular weight excluding hydrogens is 419 g/mol. The van der Waals surface area contributed by atoms with Gasteiger partial charge in [-0.25, -0.2) is 8.78 Å². The van der Waals surface area contributed by atoms with Gasteiger partial charge in [-0.3, -0.25) is 4.99 Å². The van der Waals surface area contributed by atoms with Crippen LogP contribution >= 0.6 is 35.7 Å². The van der Waals surface area contributed by atoms with Gasteiger partial charge in [-0.05, 0) is 38.2 Å². The van der Waals surface area contributed by atoms with E-state index < -0.39 is 11.6 Å². The zero-order valence-corrected chi connectivity index (χ0v) is 16.5. The third-order valence-corrected chi connectivity index (χ3v) is 4.41. The highest BCUT2D eigenvalue weighted by atomic mass is 127. The number of nitrogens with one attached hydrogen (secondary N) is 2. The molecule has 126 valence electrons. The molecule has 0 saturated heterocycles. The van der Waals surface area contributed by atoms with Crippen LogP contribution in [0.2, 0.25) is 0 Å². The Kier molecular flexibility index (Phi) is 9.99. The highest BCUT2D eigenvalue weighted by Crippen LogP contribution is 2.19. The number of hydrogen-bond acceptors (Lipinski definition) is 2. The van der Waals surface area contributed by atoms with E-state index in [-0.39, 0.29) is 28.7 Å². The Hall–Kier alpha value is -0.570. The number of nitrogens with zero attached hydrogens (tertiary/aromatic N) is 1. The fourth-order valence-corrected chi connectivity index (χ4v) is 1.85. The molecule has 0 aromatic heterocycles. The quantitative estimate of drug-likeness (QED) is 0.402. The van der Waals surface area contributed by atoms with Gasteiger partial charge in [-0.15, -0.1) is 24.0 Å². The van der Waals surface area contributed by atoms with E-state index in [0.29, 0.717) is 24.5 Å². The molecule has 0 amide bonds. The average Bonchev–Trinajstić information content (AvgIpc) is 2.44. The first-order chi connectivity index (χ1) is 9.88. The van der Waals surface area contributed by atoms with Crippen molar-refractivity contribution < 1.29 is 8.78 Å². The molecule has 0 spiro atoms. The summed E-state index contributed by atoms with van der Waals surface area (Å²) in [5, 5.41) is 6.36. The van der Waals surface area contributed by atoms with E-state index >= 15 is 0 Å². The first-order valence-electron chi connectivity index (χ1n) is 6.81. The normalized spacial score (nSPS) is 11.8. The van der Waals surface area contributed by atoms with Gasteiger partial charge in [0.1, 0.15) is 11.6 Å². The van der Waals surface area contributed by atoms with Gasteiger partial charge < -0.3 is 10.6 Å². The van der Waals surface area contributed by atoms with Crippen molar-refractivity contribution in [2.75, 3.05) is 26.4 Å². The highest BCUT2D eigenvalue weighted by molar-refractivity contribution is 14.0. The lowest BCUT2D eigenvalue weighted by molar-refractivity contribution is 0.570. The standard InChI is InChI=1S/C15H23F2N3S.HI/c1-15(2,21-4)10-20-14(18-3)19-8-7-11-5-6-12(16)9-13(11)17;/h5-6,9H,7-8,10H2,1-4H3,(H2,18,19,20);1H. The molecule has 0 unspecified atom stereocenters. The Morgan fingerprint density at radius 1 is 1.27 bits per heavy atom. The van der Waals surface area contributed by atoms with Crippen LogP contribution in [-0.2, 0) is 6.42 Å². The number of guanidine groups is 1. The summed E-state index contributed by atoms with van der Waals surface area (Å²) in [5.41, 5.74) is 0.490. The number of rotatable bonds is 6. The maximum absolute atomic E-state index is 13.5. The molecule has 0 saturated carbocycles. The molecule has 0 aliphatic heterocycles. The van der Waals surface area contributed by atoms with Crippen molar-refractivity contribution in [3.63, 3.8) is 0 Å². The third kappa shape index (κ3) is 7.62. The van der Waals surface area contributed by atoms with Gasteiger partial charge in [-0.2, -0.15) is 11.8 Å². The number of benzene rings is 1. The molecule has 1 rings (SSSR count). The molecule has 0 aliphatic carbocycles. The monoisotopic (exact) mass is 443 g/mol. The van der Waals surface area contributed by atoms with Crippen LogP contribution < -0.4 is 10.6 Å². The Morgan fingerprint density at radius 3 is 2.50 bits per heavy atom. The van der Waals surface area contributed by atoms with Gasteiger partial charge >= 0.3 is 0 Å². The van der Waals surface area contributed by atoms with Crippen LogP contribution in [-0.4, -0.2) is 37.1 Å². The van der Waals surface area contributed by atoms with E-state index in [1.54, 1.807) is 18.8 Å². The first-order valence-corrected chi connectivity index (χ1v) is 8.04. The smallest absolute Gasteiger partial charge is 0.191 e. The summed E-state index contributed by atoms with van der Waals surface area (Å²) in [7, 11) is 1.69. The lowest BCUT2D eigenvalue weighted by Gasteiger charge is -2.23. The molecule has 3 nitrogen and oxygen atoms in total. The minimum Gasteiger partial charge on any atom is -0.356 e. The maximum Gasteiger partial charge on any atom is 0.191 e. The molecule has 22 heavy (non-hydrogen) atoms. The second-order valence-electron chi connectivity index (χ2n) is 5.30. The summed E-state index contributed by atoms with van der Waals surface area (Å²) in [6.07, 6.45) is 2.54. The minimum atomic E-state index is -0.555. The summed E-state index contributed by atoms with van der Waals surface area (Å²) in [6.45, 7) is 5.60. The van der Waals surface area contributed by atoms with E-state index in [9.17, 15) is 8.78 Å². The maximum atomic E-state index is 13.5. The van der Waals surface area contributed by atoms with Crippen molar-refractivity contribution >= 4 is 41.7 Å². The zero-order chi connectivity index (χ0) is 15.9. The summed E-state index contributed by atoms with van der Waals surface area (Å²) < 4.78 is 26.4. The van der Waals surface area contributed by atoms with Crippen LogP contribution in [0.3, 0.4) is 0 Å². The predicted octanol–water partition coefficient (Wildman–Crippen LogP) is 3.43. The van der Waals surface area contributed by atoms with Gasteiger partial charge in [0.25, 0.3) is 0 Å². The second-order valence-corrected chi connectivity index (χ2v) is 6.82. The van der Waals surface area contributed by atoms with Gasteiger partial charge in [0.2, 0.25) is 0 Å². The second kappa shape index (κ2) is 10.3. The van der Waals surface area contributed by atoms with E-state index in [1.165, 1.54) is 12.1 Å². The van der Waals surface area contributed by atoms with Crippen LogP contribution in [0.25, 0.3) is 0 Å². The van der Waals surface area contributed by atoms with Crippen LogP contribution in [0.15, 0.2) is 23.2 Å². The van der Waals surface area contributed by atoms with Crippen molar-refractivity contribution in [1.29, 1.82) is 0 Å². The molecular formula is C15H24F2IN3S. The van der Waals surface area contributed by atoms with E-state index in [1.807, 2.05) is 0 Å². The van der Waals surface area contributed by atoms with Crippen molar-refractivity contribution in [2.45, 2.75) is 25.0 Å². The molecule has 1 aromatic rings. The average molecular weight is 443 g/mol. The van der Waals surface area contributed by atoms with E-state index in [0.717, 1.165) is 12.6 Å². The molecule has 0 atom stereocenters. The molecule has 0 radical (unpaired) electrons. The number of aliphatic imine (C=N–C) groups is 1. The molecule has 0 bridgehead atoms. The summed E-state index contributed by atoms with van der Waals surface area (Å²) in [6, 6.07) is 3.65. The lowest BCUT2D eigenvalue weighted by Crippen LogP contribution is -2.43. The number of hydrogen-bond donors (Lipinski definition) is 2. The van der Waals surface area contributed by atoms with Gasteiger partial charge in [0.05, 0.1) is 0 Å². The first kappa shape index (κ1) is 21.4. The van der Waals surface area contributed by atoms with Gasteiger partial charge in [-0.1, -0.05) is 6.07 Å². The van der Waals surface area contributed by atoms with E-state index in [2.05, 4.69) is 35.7 Å². The lowest BCUT2D eigenvalue weighted by atomic mass is 10.1. The van der Waals surface area contributed by atoms with Crippen LogP contribution in [0, 0.1) is 11.6 Å². The minimum absolute atomic E-state index is 0. The Bertz CT molecular complexity index is 496. The molecule has 0 fully saturated rings. The van der Waals surface area contributed by atoms with Crippen molar-refractivity contribution in [3.05, 3.63) is 35.4 Å². The molecule has 0 heterocycles. The Labute approximate surface area is 152 Å². The molecule has 7 heteroatoms. The molecule has 1 aromatic carbocycles. The molecule has 2 N–H and O–H groups in total. The fourth-order valence-electron chi connectivity index (χ4n) is 1.63. The Morgan fingerprint density at radius 2 is 1.95 bits per heavy atom. The molecule has 0 aliphatic rings. The highest BCUT2D eigenvalue weighted by Gasteiger charge is 2.16. The summed E-state index contributed by atoms with van der Waals surface area (Å²) in [5.74, 6) is -0.385. The fraction of sp³-hybridized carbons (Fsp3) is 0.533. The SMILES string of the molecule is CN=C(NCCc1ccc(F)cc1F)NCC(C)(C)SC.I. The Balaban J connectivity index is 0.00000441. The number of halogens is 3. The van der Waals surface area contributed by atoms with Crippen LogP contribution in [0.4, 0.5) is 8.78 Å². The van der Waals surface area contributed by atoms with Crippen molar-refractivity contribution in [3.8, 4) is 0 Å². The van der Waals surface area contributed by atoms with Gasteiger partial charge in [0.15, 0.2) is 5.96 Å². The summed E-state index contributed by atoms with van der Waals surface area (Å²) >= 11 is 1.77. The number of thioether (sulfide) groups is 1. The van der Waals surface area contributed by atoms with E-state index in [4.69, 9.17) is 0 Å². The van der Waals surface area contributed by atoms with Crippen molar-refractivity contribution in [1.82, 2.24) is 10.6 Å². The zero-order valence-electron chi connectivity index (χ0n) is 13.4. The largest absolute Gasteiger partial charge is 0.356 e. The summed E-state index contributed by atoms with van der Waals surface area (Å²) in [4.78, 5) is 4.12.